The Kier molecular flexibility index (Phi) is 4.75. The fourth-order valence-electron chi connectivity index (χ4n) is 1.90. The molecule has 4 nitrogen and oxygen atoms in total. The van der Waals surface area contributed by atoms with Crippen molar-refractivity contribution in [2.75, 3.05) is 6.61 Å². The van der Waals surface area contributed by atoms with E-state index in [9.17, 15) is 8.42 Å². The van der Waals surface area contributed by atoms with Crippen molar-refractivity contribution in [2.45, 2.75) is 18.7 Å². The van der Waals surface area contributed by atoms with Crippen LogP contribution in [0.1, 0.15) is 12.5 Å². The summed E-state index contributed by atoms with van der Waals surface area (Å²) in [6, 6.07) is 11.9. The van der Waals surface area contributed by atoms with E-state index < -0.39 is 9.05 Å². The standard InChI is InChI=1S/C15H15ClO4S/c1-3-19-13-6-4-5-7-14(13)20-12-8-9-15(11(2)10-12)21(16,17)18/h4-10H,3H2,1-2H3. The summed E-state index contributed by atoms with van der Waals surface area (Å²) in [5.74, 6) is 1.72. The van der Waals surface area contributed by atoms with Crippen LogP contribution in [0.3, 0.4) is 0 Å². The van der Waals surface area contributed by atoms with Gasteiger partial charge in [0.25, 0.3) is 9.05 Å². The maximum atomic E-state index is 11.4. The zero-order valence-electron chi connectivity index (χ0n) is 11.7. The van der Waals surface area contributed by atoms with E-state index in [1.807, 2.05) is 25.1 Å². The van der Waals surface area contributed by atoms with Gasteiger partial charge in [0.05, 0.1) is 11.5 Å². The summed E-state index contributed by atoms with van der Waals surface area (Å²) in [5.41, 5.74) is 0.524. The van der Waals surface area contributed by atoms with Crippen molar-refractivity contribution in [2.24, 2.45) is 0 Å². The Balaban J connectivity index is 2.31. The number of ether oxygens (including phenoxy) is 2. The van der Waals surface area contributed by atoms with Crippen LogP contribution in [0.4, 0.5) is 0 Å². The van der Waals surface area contributed by atoms with Crippen molar-refractivity contribution in [3.8, 4) is 17.2 Å². The summed E-state index contributed by atoms with van der Waals surface area (Å²) in [4.78, 5) is 0.0783. The lowest BCUT2D eigenvalue weighted by molar-refractivity contribution is 0.321. The molecule has 112 valence electrons. The molecule has 21 heavy (non-hydrogen) atoms. The first-order valence-corrected chi connectivity index (χ1v) is 8.67. The molecular weight excluding hydrogens is 312 g/mol. The smallest absolute Gasteiger partial charge is 0.261 e. The summed E-state index contributed by atoms with van der Waals surface area (Å²) < 4.78 is 34.0. The Hall–Kier alpha value is -1.72. The summed E-state index contributed by atoms with van der Waals surface area (Å²) in [5, 5.41) is 0. The van der Waals surface area contributed by atoms with Crippen molar-refractivity contribution in [3.63, 3.8) is 0 Å². The number of para-hydroxylation sites is 2. The highest BCUT2D eigenvalue weighted by Gasteiger charge is 2.14. The Morgan fingerprint density at radius 2 is 1.76 bits per heavy atom. The molecule has 0 aliphatic rings. The minimum Gasteiger partial charge on any atom is -0.490 e. The van der Waals surface area contributed by atoms with Gasteiger partial charge in [-0.3, -0.25) is 0 Å². The van der Waals surface area contributed by atoms with Crippen LogP contribution in [0.25, 0.3) is 0 Å². The monoisotopic (exact) mass is 326 g/mol. The Bertz CT molecular complexity index is 741. The molecule has 0 aliphatic carbocycles. The quantitative estimate of drug-likeness (QED) is 0.776. The zero-order valence-corrected chi connectivity index (χ0v) is 13.2. The Morgan fingerprint density at radius 1 is 1.10 bits per heavy atom. The summed E-state index contributed by atoms with van der Waals surface area (Å²) in [6.07, 6.45) is 0. The number of halogens is 1. The van der Waals surface area contributed by atoms with Crippen LogP contribution in [0.2, 0.25) is 0 Å². The maximum absolute atomic E-state index is 11.4. The van der Waals surface area contributed by atoms with Crippen LogP contribution in [0, 0.1) is 6.92 Å². The van der Waals surface area contributed by atoms with E-state index in [1.54, 1.807) is 25.1 Å². The lowest BCUT2D eigenvalue weighted by atomic mass is 10.2. The number of benzene rings is 2. The number of hydrogen-bond donors (Lipinski definition) is 0. The molecular formula is C15H15ClO4S. The zero-order chi connectivity index (χ0) is 15.5. The molecule has 6 heteroatoms. The van der Waals surface area contributed by atoms with E-state index in [-0.39, 0.29) is 4.90 Å². The summed E-state index contributed by atoms with van der Waals surface area (Å²) >= 11 is 0. The molecule has 2 aromatic rings. The van der Waals surface area contributed by atoms with Crippen LogP contribution in [0.15, 0.2) is 47.4 Å². The second-order valence-electron chi connectivity index (χ2n) is 4.35. The Labute approximate surface area is 128 Å². The lowest BCUT2D eigenvalue weighted by Crippen LogP contribution is -1.97. The van der Waals surface area contributed by atoms with Crippen molar-refractivity contribution in [3.05, 3.63) is 48.0 Å². The van der Waals surface area contributed by atoms with Gasteiger partial charge in [-0.2, -0.15) is 0 Å². The van der Waals surface area contributed by atoms with Gasteiger partial charge in [0.1, 0.15) is 5.75 Å². The molecule has 0 saturated carbocycles. The van der Waals surface area contributed by atoms with Gasteiger partial charge < -0.3 is 9.47 Å². The molecule has 2 rings (SSSR count). The molecule has 2 aromatic carbocycles. The fraction of sp³-hybridized carbons (Fsp3) is 0.200. The largest absolute Gasteiger partial charge is 0.490 e. The molecule has 0 unspecified atom stereocenters. The van der Waals surface area contributed by atoms with E-state index >= 15 is 0 Å². The van der Waals surface area contributed by atoms with Crippen LogP contribution in [0.5, 0.6) is 17.2 Å². The minimum absolute atomic E-state index is 0.0783. The average molecular weight is 327 g/mol. The van der Waals surface area contributed by atoms with Crippen LogP contribution >= 0.6 is 10.7 Å². The first kappa shape index (κ1) is 15.7. The van der Waals surface area contributed by atoms with Gasteiger partial charge >= 0.3 is 0 Å². The third-order valence-electron chi connectivity index (χ3n) is 2.79. The van der Waals surface area contributed by atoms with Gasteiger partial charge in [0, 0.05) is 10.7 Å². The molecule has 0 amide bonds. The molecule has 0 radical (unpaired) electrons. The second kappa shape index (κ2) is 6.37. The first-order chi connectivity index (χ1) is 9.91. The van der Waals surface area contributed by atoms with E-state index in [2.05, 4.69) is 0 Å². The topological polar surface area (TPSA) is 52.6 Å². The van der Waals surface area contributed by atoms with Crippen molar-refractivity contribution >= 4 is 19.7 Å². The van der Waals surface area contributed by atoms with Crippen molar-refractivity contribution < 1.29 is 17.9 Å². The van der Waals surface area contributed by atoms with Crippen molar-refractivity contribution in [1.29, 1.82) is 0 Å². The number of hydrogen-bond acceptors (Lipinski definition) is 4. The van der Waals surface area contributed by atoms with Crippen molar-refractivity contribution in [1.82, 2.24) is 0 Å². The second-order valence-corrected chi connectivity index (χ2v) is 6.88. The van der Waals surface area contributed by atoms with Gasteiger partial charge in [0.15, 0.2) is 11.5 Å². The van der Waals surface area contributed by atoms with E-state index in [1.165, 1.54) is 6.07 Å². The Morgan fingerprint density at radius 3 is 2.33 bits per heavy atom. The van der Waals surface area contributed by atoms with Crippen LogP contribution in [-0.4, -0.2) is 15.0 Å². The molecule has 0 aromatic heterocycles. The van der Waals surface area contributed by atoms with Gasteiger partial charge in [0.2, 0.25) is 0 Å². The molecule has 0 aliphatic heterocycles. The maximum Gasteiger partial charge on any atom is 0.261 e. The predicted octanol–water partition coefficient (Wildman–Crippen LogP) is 4.11. The third-order valence-corrected chi connectivity index (χ3v) is 4.27. The van der Waals surface area contributed by atoms with Gasteiger partial charge in [-0.15, -0.1) is 0 Å². The van der Waals surface area contributed by atoms with Crippen LogP contribution in [-0.2, 0) is 9.05 Å². The normalized spacial score (nSPS) is 11.2. The molecule has 0 atom stereocenters. The number of rotatable bonds is 5. The number of aryl methyl sites for hydroxylation is 1. The minimum atomic E-state index is -3.75. The SMILES string of the molecule is CCOc1ccccc1Oc1ccc(S(=O)(=O)Cl)c(C)c1. The van der Waals surface area contributed by atoms with E-state index in [0.717, 1.165) is 0 Å². The third kappa shape index (κ3) is 3.89. The summed E-state index contributed by atoms with van der Waals surface area (Å²) in [6.45, 7) is 4.08. The molecule has 0 bridgehead atoms. The van der Waals surface area contributed by atoms with E-state index in [4.69, 9.17) is 20.2 Å². The van der Waals surface area contributed by atoms with Gasteiger partial charge in [-0.1, -0.05) is 12.1 Å². The van der Waals surface area contributed by atoms with Gasteiger partial charge in [-0.25, -0.2) is 8.42 Å². The van der Waals surface area contributed by atoms with Crippen LogP contribution < -0.4 is 9.47 Å². The predicted molar refractivity (Wildman–Crippen MR) is 81.9 cm³/mol. The first-order valence-electron chi connectivity index (χ1n) is 6.37. The highest BCUT2D eigenvalue weighted by Crippen LogP contribution is 2.33. The molecule has 0 saturated heterocycles. The molecule has 0 spiro atoms. The molecule has 0 heterocycles. The van der Waals surface area contributed by atoms with Gasteiger partial charge in [-0.05, 0) is 49.7 Å². The highest BCUT2D eigenvalue weighted by atomic mass is 35.7. The molecule has 0 fully saturated rings. The highest BCUT2D eigenvalue weighted by molar-refractivity contribution is 8.13. The fourth-order valence-corrected chi connectivity index (χ4v) is 3.09. The lowest BCUT2D eigenvalue weighted by Gasteiger charge is -2.12. The van der Waals surface area contributed by atoms with E-state index in [0.29, 0.717) is 29.4 Å². The summed E-state index contributed by atoms with van der Waals surface area (Å²) in [7, 11) is 1.61. The molecule has 0 N–H and O–H groups in total. The average Bonchev–Trinajstić information content (AvgIpc) is 2.40.